The fourth-order valence-electron chi connectivity index (χ4n) is 2.49. The van der Waals surface area contributed by atoms with Crippen molar-refractivity contribution in [2.45, 2.75) is 45.6 Å². The third-order valence-corrected chi connectivity index (χ3v) is 3.66. The summed E-state index contributed by atoms with van der Waals surface area (Å²) in [5, 5.41) is 6.39. The van der Waals surface area contributed by atoms with E-state index in [2.05, 4.69) is 10.2 Å². The molecule has 0 radical (unpaired) electrons. The highest BCUT2D eigenvalue weighted by atomic mass is 16.5. The number of hydrogen-bond donors (Lipinski definition) is 1. The van der Waals surface area contributed by atoms with Gasteiger partial charge in [0.05, 0.1) is 12.8 Å². The SMILES string of the molecule is CCOC(=O)c1cn[nH]c1OC(C)C(=O)N1CCCCCC1. The lowest BCUT2D eigenvalue weighted by atomic mass is 10.2. The van der Waals surface area contributed by atoms with Crippen molar-refractivity contribution in [3.05, 3.63) is 11.8 Å². The summed E-state index contributed by atoms with van der Waals surface area (Å²) < 4.78 is 10.5. The molecule has 1 aromatic heterocycles. The lowest BCUT2D eigenvalue weighted by Gasteiger charge is -2.24. The summed E-state index contributed by atoms with van der Waals surface area (Å²) in [5.41, 5.74) is 0.206. The van der Waals surface area contributed by atoms with Gasteiger partial charge in [-0.3, -0.25) is 4.79 Å². The van der Waals surface area contributed by atoms with Crippen LogP contribution in [-0.4, -0.2) is 52.8 Å². The molecule has 1 fully saturated rings. The predicted octanol–water partition coefficient (Wildman–Crippen LogP) is 1.76. The van der Waals surface area contributed by atoms with Crippen molar-refractivity contribution >= 4 is 11.9 Å². The first-order valence-corrected chi connectivity index (χ1v) is 7.79. The van der Waals surface area contributed by atoms with E-state index in [-0.39, 0.29) is 24.0 Å². The lowest BCUT2D eigenvalue weighted by Crippen LogP contribution is -2.41. The van der Waals surface area contributed by atoms with Gasteiger partial charge in [0.2, 0.25) is 5.88 Å². The van der Waals surface area contributed by atoms with Gasteiger partial charge in [0, 0.05) is 13.1 Å². The number of likely N-dealkylation sites (tertiary alicyclic amines) is 1. The number of rotatable bonds is 5. The topological polar surface area (TPSA) is 84.5 Å². The monoisotopic (exact) mass is 309 g/mol. The van der Waals surface area contributed by atoms with E-state index in [0.717, 1.165) is 38.8 Å². The molecule has 0 saturated carbocycles. The maximum atomic E-state index is 12.4. The van der Waals surface area contributed by atoms with E-state index >= 15 is 0 Å². The van der Waals surface area contributed by atoms with Crippen LogP contribution in [-0.2, 0) is 9.53 Å². The van der Waals surface area contributed by atoms with Gasteiger partial charge in [-0.2, -0.15) is 5.10 Å². The zero-order valence-corrected chi connectivity index (χ0v) is 13.1. The average Bonchev–Trinajstić information content (AvgIpc) is 2.80. The number of esters is 1. The summed E-state index contributed by atoms with van der Waals surface area (Å²) in [6, 6.07) is 0. The molecule has 1 aliphatic heterocycles. The fraction of sp³-hybridized carbons (Fsp3) is 0.667. The molecule has 0 aliphatic carbocycles. The molecule has 22 heavy (non-hydrogen) atoms. The largest absolute Gasteiger partial charge is 0.464 e. The minimum Gasteiger partial charge on any atom is -0.464 e. The fourth-order valence-corrected chi connectivity index (χ4v) is 2.49. The average molecular weight is 309 g/mol. The van der Waals surface area contributed by atoms with Crippen LogP contribution in [0.4, 0.5) is 0 Å². The zero-order valence-electron chi connectivity index (χ0n) is 13.1. The Bertz CT molecular complexity index is 507. The first kappa shape index (κ1) is 16.3. The second-order valence-corrected chi connectivity index (χ2v) is 5.33. The van der Waals surface area contributed by atoms with Crippen molar-refractivity contribution in [2.75, 3.05) is 19.7 Å². The van der Waals surface area contributed by atoms with Crippen LogP contribution in [0.3, 0.4) is 0 Å². The number of nitrogens with one attached hydrogen (secondary N) is 1. The van der Waals surface area contributed by atoms with Crippen molar-refractivity contribution < 1.29 is 19.1 Å². The van der Waals surface area contributed by atoms with E-state index < -0.39 is 12.1 Å². The highest BCUT2D eigenvalue weighted by Gasteiger charge is 2.25. The number of carbonyl (C=O) groups excluding carboxylic acids is 2. The molecule has 1 unspecified atom stereocenters. The van der Waals surface area contributed by atoms with Crippen LogP contribution < -0.4 is 4.74 Å². The second-order valence-electron chi connectivity index (χ2n) is 5.33. The van der Waals surface area contributed by atoms with Gasteiger partial charge in [0.1, 0.15) is 5.56 Å². The summed E-state index contributed by atoms with van der Waals surface area (Å²) in [6.07, 6.45) is 5.04. The van der Waals surface area contributed by atoms with Crippen molar-refractivity contribution in [1.29, 1.82) is 0 Å². The van der Waals surface area contributed by atoms with Crippen molar-refractivity contribution in [3.8, 4) is 5.88 Å². The Morgan fingerprint density at radius 2 is 2.00 bits per heavy atom. The molecule has 0 spiro atoms. The molecule has 7 nitrogen and oxygen atoms in total. The molecular formula is C15H23N3O4. The van der Waals surface area contributed by atoms with Crippen LogP contribution in [0.2, 0.25) is 0 Å². The highest BCUT2D eigenvalue weighted by molar-refractivity contribution is 5.91. The summed E-state index contributed by atoms with van der Waals surface area (Å²) in [5.74, 6) is -0.402. The molecule has 0 aromatic carbocycles. The quantitative estimate of drug-likeness (QED) is 0.838. The van der Waals surface area contributed by atoms with Gasteiger partial charge >= 0.3 is 5.97 Å². The molecule has 7 heteroatoms. The summed E-state index contributed by atoms with van der Waals surface area (Å²) in [7, 11) is 0. The smallest absolute Gasteiger partial charge is 0.345 e. The Morgan fingerprint density at radius 3 is 2.64 bits per heavy atom. The minimum absolute atomic E-state index is 0.0636. The van der Waals surface area contributed by atoms with E-state index in [0.29, 0.717) is 0 Å². The van der Waals surface area contributed by atoms with Crippen LogP contribution in [0.1, 0.15) is 49.9 Å². The maximum absolute atomic E-state index is 12.4. The molecule has 1 aliphatic rings. The van der Waals surface area contributed by atoms with E-state index in [1.54, 1.807) is 13.8 Å². The molecule has 0 bridgehead atoms. The number of ether oxygens (including phenoxy) is 2. The molecule has 1 saturated heterocycles. The van der Waals surface area contributed by atoms with Crippen molar-refractivity contribution in [2.24, 2.45) is 0 Å². The van der Waals surface area contributed by atoms with Gasteiger partial charge in [-0.25, -0.2) is 9.89 Å². The van der Waals surface area contributed by atoms with Gasteiger partial charge in [-0.1, -0.05) is 12.8 Å². The maximum Gasteiger partial charge on any atom is 0.345 e. The number of aromatic amines is 1. The molecule has 1 aromatic rings. The first-order chi connectivity index (χ1) is 10.6. The molecule has 1 amide bonds. The summed E-state index contributed by atoms with van der Waals surface area (Å²) >= 11 is 0. The number of carbonyl (C=O) groups is 2. The number of amides is 1. The highest BCUT2D eigenvalue weighted by Crippen LogP contribution is 2.18. The third-order valence-electron chi connectivity index (χ3n) is 3.66. The first-order valence-electron chi connectivity index (χ1n) is 7.79. The van der Waals surface area contributed by atoms with Gasteiger partial charge in [0.25, 0.3) is 5.91 Å². The Labute approximate surface area is 130 Å². The van der Waals surface area contributed by atoms with E-state index in [9.17, 15) is 9.59 Å². The number of aromatic nitrogens is 2. The standard InChI is InChI=1S/C15H23N3O4/c1-3-21-15(20)12-10-16-17-13(12)22-11(2)14(19)18-8-6-4-5-7-9-18/h10-11H,3-9H2,1-2H3,(H,16,17). The number of H-pyrrole nitrogens is 1. The van der Waals surface area contributed by atoms with Gasteiger partial charge in [0.15, 0.2) is 6.10 Å². The normalized spacial score (nSPS) is 16.7. The minimum atomic E-state index is -0.674. The van der Waals surface area contributed by atoms with E-state index in [1.165, 1.54) is 6.20 Å². The zero-order chi connectivity index (χ0) is 15.9. The van der Waals surface area contributed by atoms with Gasteiger partial charge < -0.3 is 14.4 Å². The predicted molar refractivity (Wildman–Crippen MR) is 79.7 cm³/mol. The van der Waals surface area contributed by atoms with Gasteiger partial charge in [-0.15, -0.1) is 0 Å². The lowest BCUT2D eigenvalue weighted by molar-refractivity contribution is -0.138. The van der Waals surface area contributed by atoms with Crippen LogP contribution in [0.5, 0.6) is 5.88 Å². The van der Waals surface area contributed by atoms with Crippen molar-refractivity contribution in [3.63, 3.8) is 0 Å². The Morgan fingerprint density at radius 1 is 1.32 bits per heavy atom. The van der Waals surface area contributed by atoms with Crippen LogP contribution in [0, 0.1) is 0 Å². The molecular weight excluding hydrogens is 286 g/mol. The second kappa shape index (κ2) is 7.82. The molecule has 1 atom stereocenters. The van der Waals surface area contributed by atoms with Gasteiger partial charge in [-0.05, 0) is 26.7 Å². The molecule has 1 N–H and O–H groups in total. The number of nitrogens with zero attached hydrogens (tertiary/aromatic N) is 2. The van der Waals surface area contributed by atoms with E-state index in [1.807, 2.05) is 4.90 Å². The van der Waals surface area contributed by atoms with E-state index in [4.69, 9.17) is 9.47 Å². The Balaban J connectivity index is 1.99. The van der Waals surface area contributed by atoms with Crippen LogP contribution in [0.15, 0.2) is 6.20 Å². The summed E-state index contributed by atoms with van der Waals surface area (Å²) in [6.45, 7) is 5.21. The molecule has 2 rings (SSSR count). The van der Waals surface area contributed by atoms with Crippen LogP contribution in [0.25, 0.3) is 0 Å². The Hall–Kier alpha value is -2.05. The third kappa shape index (κ3) is 3.99. The van der Waals surface area contributed by atoms with Crippen molar-refractivity contribution in [1.82, 2.24) is 15.1 Å². The molecule has 122 valence electrons. The Kier molecular flexibility index (Phi) is 5.80. The number of hydrogen-bond acceptors (Lipinski definition) is 5. The molecule has 2 heterocycles. The summed E-state index contributed by atoms with van der Waals surface area (Å²) in [4.78, 5) is 26.0. The van der Waals surface area contributed by atoms with Crippen LogP contribution >= 0.6 is 0 Å².